The van der Waals surface area contributed by atoms with Crippen molar-refractivity contribution in [3.8, 4) is 11.5 Å². The number of hydrogen-bond acceptors (Lipinski definition) is 7. The number of hydrogen-bond donors (Lipinski definition) is 2. The summed E-state index contributed by atoms with van der Waals surface area (Å²) in [5.41, 5.74) is 1.56. The fourth-order valence-corrected chi connectivity index (χ4v) is 5.83. The van der Waals surface area contributed by atoms with Gasteiger partial charge in [-0.25, -0.2) is 8.42 Å². The van der Waals surface area contributed by atoms with Crippen molar-refractivity contribution < 1.29 is 27.8 Å². The van der Waals surface area contributed by atoms with Crippen LogP contribution in [0.4, 0.5) is 5.69 Å². The zero-order valence-electron chi connectivity index (χ0n) is 23.3. The van der Waals surface area contributed by atoms with Gasteiger partial charge in [-0.15, -0.1) is 0 Å². The highest BCUT2D eigenvalue weighted by atomic mass is 32.2. The lowest BCUT2D eigenvalue weighted by atomic mass is 9.99. The zero-order valence-corrected chi connectivity index (χ0v) is 24.1. The van der Waals surface area contributed by atoms with E-state index in [0.29, 0.717) is 25.4 Å². The van der Waals surface area contributed by atoms with Crippen LogP contribution in [0.25, 0.3) is 0 Å². The van der Waals surface area contributed by atoms with E-state index in [1.807, 2.05) is 32.2 Å². The molecule has 1 heterocycles. The first-order valence-corrected chi connectivity index (χ1v) is 14.7. The number of nitrogens with zero attached hydrogens (tertiary/aromatic N) is 2. The van der Waals surface area contributed by atoms with Crippen molar-refractivity contribution in [1.82, 2.24) is 9.80 Å². The molecule has 40 heavy (non-hydrogen) atoms. The number of para-hydroxylation sites is 1. The Morgan fingerprint density at radius 2 is 1.80 bits per heavy atom. The minimum absolute atomic E-state index is 0.0473. The number of nitrogens with one attached hydrogen (secondary N) is 1. The van der Waals surface area contributed by atoms with Crippen molar-refractivity contribution in [1.29, 1.82) is 0 Å². The van der Waals surface area contributed by atoms with Crippen LogP contribution in [0.15, 0.2) is 77.7 Å². The Balaban J connectivity index is 1.70. The van der Waals surface area contributed by atoms with Crippen LogP contribution < -0.4 is 14.2 Å². The molecule has 2 N–H and O–H groups in total. The average Bonchev–Trinajstić information content (AvgIpc) is 2.95. The second-order valence-corrected chi connectivity index (χ2v) is 12.0. The number of aliphatic hydroxyl groups excluding tert-OH is 1. The predicted octanol–water partition coefficient (Wildman–Crippen LogP) is 3.85. The van der Waals surface area contributed by atoms with E-state index in [1.165, 1.54) is 19.2 Å². The van der Waals surface area contributed by atoms with Crippen LogP contribution in [0, 0.1) is 5.92 Å². The van der Waals surface area contributed by atoms with Crippen molar-refractivity contribution in [2.24, 2.45) is 5.92 Å². The third-order valence-electron chi connectivity index (χ3n) is 7.09. The number of fused-ring (bicyclic) bond motifs is 1. The molecule has 0 unspecified atom stereocenters. The summed E-state index contributed by atoms with van der Waals surface area (Å²) >= 11 is 0. The molecule has 0 aliphatic carbocycles. The zero-order chi connectivity index (χ0) is 28.9. The molecule has 3 aromatic carbocycles. The number of anilines is 1. The number of methoxy groups -OCH3 is 1. The molecule has 3 aromatic rings. The Bertz CT molecular complexity index is 1400. The quantitative estimate of drug-likeness (QED) is 0.383. The lowest BCUT2D eigenvalue weighted by Crippen LogP contribution is -2.49. The van der Waals surface area contributed by atoms with E-state index >= 15 is 0 Å². The van der Waals surface area contributed by atoms with Gasteiger partial charge in [0, 0.05) is 25.6 Å². The molecule has 9 nitrogen and oxygen atoms in total. The SMILES string of the molecule is COc1ccc(S(=O)(=O)Nc2cccc3c2O[C@H](CN(C)Cc2ccccc2)[C@H](C)CN([C@H](C)CO)C3=O)cc1. The van der Waals surface area contributed by atoms with Crippen LogP contribution in [0.5, 0.6) is 11.5 Å². The topological polar surface area (TPSA) is 108 Å². The first kappa shape index (κ1) is 29.4. The van der Waals surface area contributed by atoms with Gasteiger partial charge < -0.3 is 19.5 Å². The van der Waals surface area contributed by atoms with E-state index in [9.17, 15) is 18.3 Å². The molecule has 214 valence electrons. The molecular formula is C30H37N3O6S. The third-order valence-corrected chi connectivity index (χ3v) is 8.47. The van der Waals surface area contributed by atoms with Crippen molar-refractivity contribution in [3.05, 3.63) is 83.9 Å². The van der Waals surface area contributed by atoms with Gasteiger partial charge in [0.25, 0.3) is 15.9 Å². The van der Waals surface area contributed by atoms with Crippen LogP contribution in [0.3, 0.4) is 0 Å². The van der Waals surface area contributed by atoms with Crippen molar-refractivity contribution in [2.45, 2.75) is 37.4 Å². The molecule has 1 aliphatic heterocycles. The van der Waals surface area contributed by atoms with Gasteiger partial charge in [-0.05, 0) is 55.9 Å². The predicted molar refractivity (Wildman–Crippen MR) is 154 cm³/mol. The van der Waals surface area contributed by atoms with E-state index in [4.69, 9.17) is 9.47 Å². The molecular weight excluding hydrogens is 530 g/mol. The first-order valence-electron chi connectivity index (χ1n) is 13.2. The molecule has 4 rings (SSSR count). The van der Waals surface area contributed by atoms with E-state index in [1.54, 1.807) is 42.2 Å². The Labute approximate surface area is 236 Å². The van der Waals surface area contributed by atoms with E-state index in [2.05, 4.69) is 21.8 Å². The lowest BCUT2D eigenvalue weighted by molar-refractivity contribution is 0.0344. The largest absolute Gasteiger partial charge is 0.497 e. The van der Waals surface area contributed by atoms with Crippen LogP contribution >= 0.6 is 0 Å². The highest BCUT2D eigenvalue weighted by molar-refractivity contribution is 7.92. The normalized spacial score (nSPS) is 18.4. The minimum atomic E-state index is -4.00. The molecule has 3 atom stereocenters. The molecule has 0 fully saturated rings. The average molecular weight is 568 g/mol. The lowest BCUT2D eigenvalue weighted by Gasteiger charge is -2.38. The number of ether oxygens (including phenoxy) is 2. The van der Waals surface area contributed by atoms with Gasteiger partial charge in [0.1, 0.15) is 11.9 Å². The molecule has 0 spiro atoms. The van der Waals surface area contributed by atoms with Crippen LogP contribution in [-0.4, -0.2) is 75.2 Å². The monoisotopic (exact) mass is 567 g/mol. The molecule has 0 aromatic heterocycles. The summed E-state index contributed by atoms with van der Waals surface area (Å²) in [6, 6.07) is 20.5. The summed E-state index contributed by atoms with van der Waals surface area (Å²) in [5.74, 6) is 0.261. The molecule has 1 aliphatic rings. The third kappa shape index (κ3) is 6.75. The maximum absolute atomic E-state index is 13.7. The number of carbonyl (C=O) groups is 1. The number of rotatable bonds is 10. The van der Waals surface area contributed by atoms with Crippen LogP contribution in [0.1, 0.15) is 29.8 Å². The number of carbonyl (C=O) groups excluding carboxylic acids is 1. The highest BCUT2D eigenvalue weighted by Gasteiger charge is 2.35. The summed E-state index contributed by atoms with van der Waals surface area (Å²) in [5, 5.41) is 9.91. The smallest absolute Gasteiger partial charge is 0.262 e. The van der Waals surface area contributed by atoms with Gasteiger partial charge in [0.05, 0.1) is 35.9 Å². The van der Waals surface area contributed by atoms with Crippen molar-refractivity contribution >= 4 is 21.6 Å². The highest BCUT2D eigenvalue weighted by Crippen LogP contribution is 2.36. The second kappa shape index (κ2) is 12.7. The van der Waals surface area contributed by atoms with Gasteiger partial charge in [-0.2, -0.15) is 0 Å². The Hall–Kier alpha value is -3.60. The maximum Gasteiger partial charge on any atom is 0.262 e. The summed E-state index contributed by atoms with van der Waals surface area (Å²) in [4.78, 5) is 17.5. The summed E-state index contributed by atoms with van der Waals surface area (Å²) in [6.45, 7) is 5.20. The summed E-state index contributed by atoms with van der Waals surface area (Å²) in [7, 11) is -0.493. The maximum atomic E-state index is 13.7. The van der Waals surface area contributed by atoms with Crippen molar-refractivity contribution in [3.63, 3.8) is 0 Å². The molecule has 10 heteroatoms. The molecule has 1 amide bonds. The van der Waals surface area contributed by atoms with Gasteiger partial charge in [-0.3, -0.25) is 14.4 Å². The minimum Gasteiger partial charge on any atom is -0.497 e. The van der Waals surface area contributed by atoms with Crippen LogP contribution in [0.2, 0.25) is 0 Å². The Kier molecular flexibility index (Phi) is 9.34. The molecule has 0 bridgehead atoms. The Morgan fingerprint density at radius 3 is 2.45 bits per heavy atom. The van der Waals surface area contributed by atoms with Crippen molar-refractivity contribution in [2.75, 3.05) is 38.6 Å². The van der Waals surface area contributed by atoms with Gasteiger partial charge in [-0.1, -0.05) is 43.3 Å². The van der Waals surface area contributed by atoms with E-state index in [0.717, 1.165) is 5.56 Å². The molecule has 0 radical (unpaired) electrons. The van der Waals surface area contributed by atoms with Gasteiger partial charge >= 0.3 is 0 Å². The fourth-order valence-electron chi connectivity index (χ4n) is 4.77. The summed E-state index contributed by atoms with van der Waals surface area (Å²) < 4.78 is 41.0. The summed E-state index contributed by atoms with van der Waals surface area (Å²) in [6.07, 6.45) is -0.374. The van der Waals surface area contributed by atoms with Gasteiger partial charge in [0.15, 0.2) is 5.75 Å². The number of aliphatic hydroxyl groups is 1. The number of sulfonamides is 1. The fraction of sp³-hybridized carbons (Fsp3) is 0.367. The second-order valence-electron chi connectivity index (χ2n) is 10.3. The standard InChI is InChI=1S/C30H37N3O6S/c1-21-17-33(22(2)20-34)30(35)26-11-8-12-27(31-40(36,37)25-15-13-24(38-4)14-16-25)29(26)39-28(21)19-32(3)18-23-9-6-5-7-10-23/h5-16,21-22,28,31,34H,17-20H2,1-4H3/t21-,22-,28-/m1/s1. The van der Waals surface area contributed by atoms with Crippen LogP contribution in [-0.2, 0) is 16.6 Å². The number of benzene rings is 3. The molecule has 0 saturated carbocycles. The molecule has 0 saturated heterocycles. The van der Waals surface area contributed by atoms with Gasteiger partial charge in [0.2, 0.25) is 0 Å². The van der Waals surface area contributed by atoms with E-state index < -0.39 is 16.1 Å². The first-order chi connectivity index (χ1) is 19.1. The number of amides is 1. The van der Waals surface area contributed by atoms with E-state index in [-0.39, 0.29) is 46.4 Å². The number of likely N-dealkylation sites (N-methyl/N-ethyl adjacent to an activating group) is 1. The Morgan fingerprint density at radius 1 is 1.10 bits per heavy atom.